The highest BCUT2D eigenvalue weighted by Crippen LogP contribution is 2.26. The van der Waals surface area contributed by atoms with Crippen LogP contribution in [0.3, 0.4) is 0 Å². The van der Waals surface area contributed by atoms with Crippen molar-refractivity contribution in [3.05, 3.63) is 78.1 Å². The van der Waals surface area contributed by atoms with Crippen LogP contribution in [0.5, 0.6) is 0 Å². The summed E-state index contributed by atoms with van der Waals surface area (Å²) in [5, 5.41) is 0.570. The predicted molar refractivity (Wildman–Crippen MR) is 112 cm³/mol. The first-order chi connectivity index (χ1) is 14.5. The Labute approximate surface area is 172 Å². The second-order valence-corrected chi connectivity index (χ2v) is 6.69. The van der Waals surface area contributed by atoms with Crippen LogP contribution in [0.2, 0.25) is 0 Å². The lowest BCUT2D eigenvalue weighted by molar-refractivity contribution is 0.0752. The fraction of sp³-hybridized carbons (Fsp3) is 0.136. The molecule has 4 rings (SSSR count). The first kappa shape index (κ1) is 19.4. The molecule has 1 aromatic carbocycles. The first-order valence-electron chi connectivity index (χ1n) is 9.42. The Kier molecular flexibility index (Phi) is 5.30. The fourth-order valence-corrected chi connectivity index (χ4v) is 3.18. The van der Waals surface area contributed by atoms with Gasteiger partial charge in [0.1, 0.15) is 5.82 Å². The van der Waals surface area contributed by atoms with Gasteiger partial charge in [-0.15, -0.1) is 0 Å². The van der Waals surface area contributed by atoms with Crippen LogP contribution >= 0.6 is 0 Å². The van der Waals surface area contributed by atoms with E-state index in [4.69, 9.17) is 5.73 Å². The van der Waals surface area contributed by atoms with E-state index in [9.17, 15) is 9.18 Å². The molecule has 4 aromatic rings. The van der Waals surface area contributed by atoms with Gasteiger partial charge in [-0.2, -0.15) is 0 Å². The highest BCUT2D eigenvalue weighted by molar-refractivity contribution is 6.07. The van der Waals surface area contributed by atoms with Crippen molar-refractivity contribution < 1.29 is 9.18 Å². The Morgan fingerprint density at radius 2 is 1.90 bits per heavy atom. The SMILES string of the molecule is CCN(Cc1ccccn1)C(=O)c1cc(-c2cnc(N)nc2)nc2cc(F)ccc12. The molecule has 150 valence electrons. The number of rotatable bonds is 5. The van der Waals surface area contributed by atoms with Crippen molar-refractivity contribution in [3.8, 4) is 11.3 Å². The molecular weight excluding hydrogens is 383 g/mol. The minimum atomic E-state index is -0.431. The third-order valence-electron chi connectivity index (χ3n) is 4.72. The number of anilines is 1. The molecule has 8 heteroatoms. The van der Waals surface area contributed by atoms with E-state index in [0.717, 1.165) is 5.69 Å². The maximum Gasteiger partial charge on any atom is 0.254 e. The van der Waals surface area contributed by atoms with Gasteiger partial charge in [-0.1, -0.05) is 6.07 Å². The number of amides is 1. The summed E-state index contributed by atoms with van der Waals surface area (Å²) in [6, 6.07) is 11.5. The lowest BCUT2D eigenvalue weighted by Gasteiger charge is -2.22. The standard InChI is InChI=1S/C22H19FN6O/c1-2-29(13-16-5-3-4-8-25-16)21(30)18-10-19(14-11-26-22(24)27-12-14)28-20-9-15(23)6-7-17(18)20/h3-12H,2,13H2,1H3,(H2,24,26,27). The molecule has 3 aromatic heterocycles. The topological polar surface area (TPSA) is 97.9 Å². The van der Waals surface area contributed by atoms with Crippen molar-refractivity contribution in [1.82, 2.24) is 24.8 Å². The molecule has 0 fully saturated rings. The maximum atomic E-state index is 13.9. The number of nitrogens with zero attached hydrogens (tertiary/aromatic N) is 5. The third-order valence-corrected chi connectivity index (χ3v) is 4.72. The number of nitrogen functional groups attached to an aromatic ring is 1. The summed E-state index contributed by atoms with van der Waals surface area (Å²) in [7, 11) is 0. The van der Waals surface area contributed by atoms with Gasteiger partial charge < -0.3 is 10.6 Å². The molecule has 0 saturated carbocycles. The summed E-state index contributed by atoms with van der Waals surface area (Å²) in [6.45, 7) is 2.75. The molecule has 1 amide bonds. The van der Waals surface area contributed by atoms with Crippen LogP contribution in [0.4, 0.5) is 10.3 Å². The van der Waals surface area contributed by atoms with Gasteiger partial charge in [0.2, 0.25) is 5.95 Å². The molecule has 7 nitrogen and oxygen atoms in total. The van der Waals surface area contributed by atoms with Crippen LogP contribution in [0.1, 0.15) is 23.0 Å². The zero-order valence-electron chi connectivity index (χ0n) is 16.3. The largest absolute Gasteiger partial charge is 0.368 e. The molecule has 0 aliphatic carbocycles. The molecule has 0 bridgehead atoms. The molecule has 0 aliphatic heterocycles. The van der Waals surface area contributed by atoms with Gasteiger partial charge in [-0.25, -0.2) is 19.3 Å². The minimum absolute atomic E-state index is 0.134. The van der Waals surface area contributed by atoms with E-state index in [-0.39, 0.29) is 11.9 Å². The Bertz CT molecular complexity index is 1200. The Balaban J connectivity index is 1.81. The second kappa shape index (κ2) is 8.20. The number of carbonyl (C=O) groups excluding carboxylic acids is 1. The van der Waals surface area contributed by atoms with Crippen molar-refractivity contribution >= 4 is 22.8 Å². The van der Waals surface area contributed by atoms with E-state index in [1.165, 1.54) is 24.5 Å². The van der Waals surface area contributed by atoms with Gasteiger partial charge in [-0.05, 0) is 37.3 Å². The number of nitrogens with two attached hydrogens (primary N) is 1. The summed E-state index contributed by atoms with van der Waals surface area (Å²) in [5.74, 6) is -0.492. The Hall–Kier alpha value is -3.94. The smallest absolute Gasteiger partial charge is 0.254 e. The van der Waals surface area contributed by atoms with Crippen LogP contribution in [-0.2, 0) is 6.54 Å². The highest BCUT2D eigenvalue weighted by atomic mass is 19.1. The van der Waals surface area contributed by atoms with Gasteiger partial charge in [0, 0.05) is 42.2 Å². The molecule has 0 atom stereocenters. The predicted octanol–water partition coefficient (Wildman–Crippen LogP) is 3.47. The van der Waals surface area contributed by atoms with Crippen molar-refractivity contribution in [2.75, 3.05) is 12.3 Å². The quantitative estimate of drug-likeness (QED) is 0.549. The van der Waals surface area contributed by atoms with E-state index in [1.54, 1.807) is 23.2 Å². The first-order valence-corrected chi connectivity index (χ1v) is 9.42. The molecule has 3 heterocycles. The molecule has 0 radical (unpaired) electrons. The maximum absolute atomic E-state index is 13.9. The lowest BCUT2D eigenvalue weighted by atomic mass is 10.0. The zero-order valence-corrected chi connectivity index (χ0v) is 16.3. The van der Waals surface area contributed by atoms with Gasteiger partial charge >= 0.3 is 0 Å². The van der Waals surface area contributed by atoms with E-state index in [0.29, 0.717) is 40.8 Å². The summed E-state index contributed by atoms with van der Waals surface area (Å²) < 4.78 is 13.9. The molecule has 30 heavy (non-hydrogen) atoms. The highest BCUT2D eigenvalue weighted by Gasteiger charge is 2.20. The van der Waals surface area contributed by atoms with Crippen LogP contribution in [0, 0.1) is 5.82 Å². The average Bonchev–Trinajstić information content (AvgIpc) is 2.77. The number of carbonyl (C=O) groups is 1. The molecule has 0 unspecified atom stereocenters. The van der Waals surface area contributed by atoms with E-state index >= 15 is 0 Å². The second-order valence-electron chi connectivity index (χ2n) is 6.69. The monoisotopic (exact) mass is 402 g/mol. The van der Waals surface area contributed by atoms with Gasteiger partial charge in [0.25, 0.3) is 5.91 Å². The number of fused-ring (bicyclic) bond motifs is 1. The lowest BCUT2D eigenvalue weighted by Crippen LogP contribution is -2.31. The van der Waals surface area contributed by atoms with Crippen molar-refractivity contribution in [3.63, 3.8) is 0 Å². The van der Waals surface area contributed by atoms with E-state index in [2.05, 4.69) is 19.9 Å². The average molecular weight is 402 g/mol. The summed E-state index contributed by atoms with van der Waals surface area (Å²) in [5.41, 5.74) is 8.19. The number of hydrogen-bond acceptors (Lipinski definition) is 6. The third kappa shape index (κ3) is 3.93. The summed E-state index contributed by atoms with van der Waals surface area (Å²) >= 11 is 0. The molecular formula is C22H19FN6O. The van der Waals surface area contributed by atoms with Crippen molar-refractivity contribution in [1.29, 1.82) is 0 Å². The minimum Gasteiger partial charge on any atom is -0.368 e. The fourth-order valence-electron chi connectivity index (χ4n) is 3.18. The van der Waals surface area contributed by atoms with Gasteiger partial charge in [0.15, 0.2) is 0 Å². The Morgan fingerprint density at radius 3 is 2.60 bits per heavy atom. The van der Waals surface area contributed by atoms with Crippen LogP contribution in [0.15, 0.2) is 61.1 Å². The van der Waals surface area contributed by atoms with Gasteiger partial charge in [0.05, 0.1) is 29.0 Å². The van der Waals surface area contributed by atoms with Crippen LogP contribution in [0.25, 0.3) is 22.2 Å². The summed E-state index contributed by atoms with van der Waals surface area (Å²) in [6.07, 6.45) is 4.74. The zero-order chi connectivity index (χ0) is 21.1. The number of benzene rings is 1. The van der Waals surface area contributed by atoms with E-state index < -0.39 is 5.82 Å². The number of halogens is 1. The van der Waals surface area contributed by atoms with Gasteiger partial charge in [-0.3, -0.25) is 9.78 Å². The molecule has 0 aliphatic rings. The van der Waals surface area contributed by atoms with Crippen LogP contribution < -0.4 is 5.73 Å². The molecule has 0 spiro atoms. The number of pyridine rings is 2. The van der Waals surface area contributed by atoms with E-state index in [1.807, 2.05) is 25.1 Å². The Morgan fingerprint density at radius 1 is 1.10 bits per heavy atom. The van der Waals surface area contributed by atoms with Crippen molar-refractivity contribution in [2.45, 2.75) is 13.5 Å². The van der Waals surface area contributed by atoms with Crippen LogP contribution in [-0.4, -0.2) is 37.3 Å². The number of aromatic nitrogens is 4. The number of hydrogen-bond donors (Lipinski definition) is 1. The molecule has 0 saturated heterocycles. The summed E-state index contributed by atoms with van der Waals surface area (Å²) in [4.78, 5) is 31.9. The van der Waals surface area contributed by atoms with Crippen molar-refractivity contribution in [2.24, 2.45) is 0 Å². The molecule has 2 N–H and O–H groups in total. The normalized spacial score (nSPS) is 10.9.